The first-order valence-electron chi connectivity index (χ1n) is 5.85. The van der Waals surface area contributed by atoms with E-state index >= 15 is 0 Å². The van der Waals surface area contributed by atoms with Gasteiger partial charge in [-0.3, -0.25) is 0 Å². The summed E-state index contributed by atoms with van der Waals surface area (Å²) in [6.45, 7) is 0. The number of nitrogen functional groups attached to an aromatic ring is 1. The predicted octanol–water partition coefficient (Wildman–Crippen LogP) is 3.47. The molecule has 0 aliphatic heterocycles. The molecule has 1 aromatic heterocycles. The Labute approximate surface area is 132 Å². The largest absolute Gasteiger partial charge is 0.398 e. The first-order valence-corrected chi connectivity index (χ1v) is 7.02. The van der Waals surface area contributed by atoms with Gasteiger partial charge in [-0.25, -0.2) is 4.39 Å². The number of nitrogens with zero attached hydrogens (tertiary/aromatic N) is 4. The Morgan fingerprint density at radius 2 is 2.00 bits per heavy atom. The average Bonchev–Trinajstić information content (AvgIpc) is 2.90. The summed E-state index contributed by atoms with van der Waals surface area (Å²) in [4.78, 5) is 0. The van der Waals surface area contributed by atoms with E-state index in [1.807, 2.05) is 0 Å². The fourth-order valence-electron chi connectivity index (χ4n) is 1.89. The van der Waals surface area contributed by atoms with Crippen molar-refractivity contribution in [3.8, 4) is 17.1 Å². The van der Waals surface area contributed by atoms with E-state index in [2.05, 4.69) is 31.5 Å². The van der Waals surface area contributed by atoms with Gasteiger partial charge in [-0.1, -0.05) is 11.6 Å². The molecule has 0 saturated heterocycles. The molecule has 0 atom stereocenters. The third-order valence-corrected chi connectivity index (χ3v) is 3.73. The van der Waals surface area contributed by atoms with Crippen LogP contribution in [0, 0.1) is 5.82 Å². The second-order valence-electron chi connectivity index (χ2n) is 4.24. The Kier molecular flexibility index (Phi) is 3.60. The Morgan fingerprint density at radius 3 is 2.76 bits per heavy atom. The lowest BCUT2D eigenvalue weighted by atomic mass is 10.1. The van der Waals surface area contributed by atoms with Crippen LogP contribution in [0.25, 0.3) is 17.1 Å². The fourth-order valence-corrected chi connectivity index (χ4v) is 2.74. The molecule has 0 aliphatic rings. The first kappa shape index (κ1) is 14.0. The Balaban J connectivity index is 2.19. The minimum atomic E-state index is -0.413. The average molecular weight is 369 g/mol. The molecule has 0 aliphatic carbocycles. The Morgan fingerprint density at radius 1 is 1.19 bits per heavy atom. The molecule has 106 valence electrons. The summed E-state index contributed by atoms with van der Waals surface area (Å²) in [5.74, 6) is -0.0704. The van der Waals surface area contributed by atoms with E-state index < -0.39 is 5.82 Å². The van der Waals surface area contributed by atoms with Crippen LogP contribution in [0.2, 0.25) is 5.02 Å². The Bertz CT molecular complexity index is 820. The lowest BCUT2D eigenvalue weighted by Gasteiger charge is -2.09. The van der Waals surface area contributed by atoms with Gasteiger partial charge in [0.15, 0.2) is 5.82 Å². The highest BCUT2D eigenvalue weighted by Gasteiger charge is 2.16. The zero-order valence-electron chi connectivity index (χ0n) is 10.5. The van der Waals surface area contributed by atoms with Gasteiger partial charge in [0.2, 0.25) is 0 Å². The van der Waals surface area contributed by atoms with Crippen LogP contribution >= 0.6 is 27.5 Å². The van der Waals surface area contributed by atoms with Gasteiger partial charge in [0.25, 0.3) is 0 Å². The monoisotopic (exact) mass is 367 g/mol. The van der Waals surface area contributed by atoms with Crippen molar-refractivity contribution in [2.45, 2.75) is 0 Å². The van der Waals surface area contributed by atoms with Crippen LogP contribution in [0.5, 0.6) is 0 Å². The Hall–Kier alpha value is -1.99. The van der Waals surface area contributed by atoms with Crippen molar-refractivity contribution >= 4 is 33.2 Å². The molecule has 8 heteroatoms. The van der Waals surface area contributed by atoms with Gasteiger partial charge >= 0.3 is 0 Å². The maximum Gasteiger partial charge on any atom is 0.189 e. The number of aromatic nitrogens is 4. The van der Waals surface area contributed by atoms with E-state index in [9.17, 15) is 4.39 Å². The number of hydrogen-bond acceptors (Lipinski definition) is 4. The first-order chi connectivity index (χ1) is 10.1. The molecule has 5 nitrogen and oxygen atoms in total. The van der Waals surface area contributed by atoms with Crippen LogP contribution in [0.4, 0.5) is 10.1 Å². The summed E-state index contributed by atoms with van der Waals surface area (Å²) >= 11 is 9.32. The maximum absolute atomic E-state index is 13.4. The number of halogens is 3. The molecule has 0 spiro atoms. The second kappa shape index (κ2) is 5.42. The smallest absolute Gasteiger partial charge is 0.189 e. The highest BCUT2D eigenvalue weighted by atomic mass is 79.9. The number of benzene rings is 2. The van der Waals surface area contributed by atoms with Gasteiger partial charge in [-0.15, -0.1) is 5.10 Å². The van der Waals surface area contributed by atoms with Gasteiger partial charge in [0.05, 0.1) is 5.69 Å². The summed E-state index contributed by atoms with van der Waals surface area (Å²) in [5, 5.41) is 12.1. The number of rotatable bonds is 2. The van der Waals surface area contributed by atoms with Gasteiger partial charge in [-0.2, -0.15) is 4.68 Å². The number of tetrazole rings is 1. The molecule has 3 rings (SSSR count). The van der Waals surface area contributed by atoms with E-state index in [0.717, 1.165) is 0 Å². The van der Waals surface area contributed by atoms with Crippen molar-refractivity contribution < 1.29 is 4.39 Å². The summed E-state index contributed by atoms with van der Waals surface area (Å²) < 4.78 is 15.6. The molecule has 3 aromatic rings. The van der Waals surface area contributed by atoms with E-state index in [1.165, 1.54) is 22.9 Å². The third-order valence-electron chi connectivity index (χ3n) is 2.86. The zero-order valence-corrected chi connectivity index (χ0v) is 12.8. The molecule has 1 heterocycles. The summed E-state index contributed by atoms with van der Waals surface area (Å²) in [6, 6.07) is 9.23. The molecule has 2 N–H and O–H groups in total. The lowest BCUT2D eigenvalue weighted by molar-refractivity contribution is 0.628. The minimum absolute atomic E-state index is 0.343. The molecular weight excluding hydrogens is 361 g/mol. The van der Waals surface area contributed by atoms with Gasteiger partial charge in [0, 0.05) is 20.7 Å². The minimum Gasteiger partial charge on any atom is -0.398 e. The van der Waals surface area contributed by atoms with Crippen LogP contribution in [-0.2, 0) is 0 Å². The van der Waals surface area contributed by atoms with Crippen molar-refractivity contribution in [2.24, 2.45) is 0 Å². The van der Waals surface area contributed by atoms with E-state index in [1.54, 1.807) is 18.2 Å². The topological polar surface area (TPSA) is 69.6 Å². The van der Waals surface area contributed by atoms with Crippen molar-refractivity contribution in [3.05, 3.63) is 51.7 Å². The van der Waals surface area contributed by atoms with Crippen LogP contribution in [0.15, 0.2) is 40.9 Å². The molecule has 0 bridgehead atoms. The predicted molar refractivity (Wildman–Crippen MR) is 81.7 cm³/mol. The molecule has 21 heavy (non-hydrogen) atoms. The van der Waals surface area contributed by atoms with Crippen molar-refractivity contribution in [1.82, 2.24) is 20.2 Å². The molecule has 0 saturated carbocycles. The van der Waals surface area contributed by atoms with E-state index in [4.69, 9.17) is 17.3 Å². The highest BCUT2D eigenvalue weighted by Crippen LogP contribution is 2.30. The van der Waals surface area contributed by atoms with Crippen molar-refractivity contribution in [1.29, 1.82) is 0 Å². The van der Waals surface area contributed by atoms with E-state index in [0.29, 0.717) is 32.3 Å². The second-order valence-corrected chi connectivity index (χ2v) is 5.53. The highest BCUT2D eigenvalue weighted by molar-refractivity contribution is 9.10. The standard InChI is InChI=1S/C13H8BrClFN5/c14-10-5-7(15)1-4-12(10)21-13(18-19-20-21)9-6-8(16)2-3-11(9)17/h1-6H,17H2. The van der Waals surface area contributed by atoms with Crippen LogP contribution in [0.3, 0.4) is 0 Å². The molecule has 0 unspecified atom stereocenters. The normalized spacial score (nSPS) is 10.8. The van der Waals surface area contributed by atoms with Gasteiger partial charge in [0.1, 0.15) is 5.82 Å². The summed E-state index contributed by atoms with van der Waals surface area (Å²) in [7, 11) is 0. The SMILES string of the molecule is Nc1ccc(F)cc1-c1nnnn1-c1ccc(Cl)cc1Br. The number of nitrogens with two attached hydrogens (primary N) is 1. The van der Waals surface area contributed by atoms with Crippen LogP contribution in [-0.4, -0.2) is 20.2 Å². The van der Waals surface area contributed by atoms with Crippen molar-refractivity contribution in [2.75, 3.05) is 5.73 Å². The molecule has 0 fully saturated rings. The zero-order chi connectivity index (χ0) is 15.0. The lowest BCUT2D eigenvalue weighted by Crippen LogP contribution is -2.03. The number of anilines is 1. The summed E-state index contributed by atoms with van der Waals surface area (Å²) in [6.07, 6.45) is 0. The molecule has 0 radical (unpaired) electrons. The summed E-state index contributed by atoms with van der Waals surface area (Å²) in [5.41, 5.74) is 7.36. The van der Waals surface area contributed by atoms with Crippen LogP contribution in [0.1, 0.15) is 0 Å². The third kappa shape index (κ3) is 2.62. The van der Waals surface area contributed by atoms with Crippen LogP contribution < -0.4 is 5.73 Å². The molecule has 0 amide bonds. The van der Waals surface area contributed by atoms with Gasteiger partial charge < -0.3 is 5.73 Å². The molecule has 2 aromatic carbocycles. The number of hydrogen-bond donors (Lipinski definition) is 1. The quantitative estimate of drug-likeness (QED) is 0.703. The van der Waals surface area contributed by atoms with Gasteiger partial charge in [-0.05, 0) is 62.8 Å². The van der Waals surface area contributed by atoms with Crippen molar-refractivity contribution in [3.63, 3.8) is 0 Å². The fraction of sp³-hybridized carbons (Fsp3) is 0. The maximum atomic E-state index is 13.4. The molecular formula is C13H8BrClFN5. The van der Waals surface area contributed by atoms with E-state index in [-0.39, 0.29) is 0 Å².